The SMILES string of the molecule is Cc1cc(CN(C)[C@@H]2CN(C(=O)N3CCN(S(C)(=O)=O)CC3)C[C@@H]2c2ccc(Cl)c(Cl)c2)ccc1F. The van der Waals surface area contributed by atoms with E-state index in [2.05, 4.69) is 4.90 Å². The first-order chi connectivity index (χ1) is 16.9. The molecule has 2 fully saturated rings. The van der Waals surface area contributed by atoms with Gasteiger partial charge in [-0.25, -0.2) is 17.6 Å². The van der Waals surface area contributed by atoms with Crippen molar-refractivity contribution in [3.8, 4) is 0 Å². The average molecular weight is 558 g/mol. The number of likely N-dealkylation sites (tertiary alicyclic amines) is 1. The zero-order valence-electron chi connectivity index (χ0n) is 20.6. The summed E-state index contributed by atoms with van der Waals surface area (Å²) in [6.45, 7) is 4.65. The van der Waals surface area contributed by atoms with Crippen LogP contribution >= 0.6 is 23.2 Å². The highest BCUT2D eigenvalue weighted by molar-refractivity contribution is 7.88. The van der Waals surface area contributed by atoms with E-state index in [1.54, 1.807) is 24.0 Å². The molecule has 4 rings (SSSR count). The molecule has 2 atom stereocenters. The van der Waals surface area contributed by atoms with Gasteiger partial charge in [-0.05, 0) is 48.9 Å². The van der Waals surface area contributed by atoms with E-state index in [-0.39, 0.29) is 23.8 Å². The van der Waals surface area contributed by atoms with Crippen LogP contribution in [0.15, 0.2) is 36.4 Å². The molecule has 2 saturated heterocycles. The molecule has 0 spiro atoms. The van der Waals surface area contributed by atoms with E-state index in [4.69, 9.17) is 23.2 Å². The molecular formula is C25H31Cl2FN4O3S. The number of benzene rings is 2. The van der Waals surface area contributed by atoms with E-state index in [9.17, 15) is 17.6 Å². The van der Waals surface area contributed by atoms with Crippen LogP contribution < -0.4 is 0 Å². The third-order valence-corrected chi connectivity index (χ3v) is 9.17. The summed E-state index contributed by atoms with van der Waals surface area (Å²) >= 11 is 12.5. The molecule has 0 bridgehead atoms. The summed E-state index contributed by atoms with van der Waals surface area (Å²) in [5.74, 6) is -0.240. The first kappa shape index (κ1) is 27.1. The number of hydrogen-bond donors (Lipinski definition) is 0. The van der Waals surface area contributed by atoms with Gasteiger partial charge < -0.3 is 9.80 Å². The lowest BCUT2D eigenvalue weighted by Crippen LogP contribution is -2.53. The predicted octanol–water partition coefficient (Wildman–Crippen LogP) is 4.04. The van der Waals surface area contributed by atoms with E-state index >= 15 is 0 Å². The number of carbonyl (C=O) groups is 1. The summed E-state index contributed by atoms with van der Waals surface area (Å²) < 4.78 is 38.9. The number of hydrogen-bond acceptors (Lipinski definition) is 4. The number of urea groups is 1. The fraction of sp³-hybridized carbons (Fsp3) is 0.480. The molecule has 2 amide bonds. The third-order valence-electron chi connectivity index (χ3n) is 7.13. The van der Waals surface area contributed by atoms with E-state index in [0.29, 0.717) is 61.4 Å². The number of amides is 2. The molecule has 0 aliphatic carbocycles. The largest absolute Gasteiger partial charge is 0.322 e. The number of aryl methyl sites for hydroxylation is 1. The maximum Gasteiger partial charge on any atom is 0.320 e. The summed E-state index contributed by atoms with van der Waals surface area (Å²) in [6.07, 6.45) is 1.19. The highest BCUT2D eigenvalue weighted by Gasteiger charge is 2.40. The summed E-state index contributed by atoms with van der Waals surface area (Å²) in [5, 5.41) is 0.938. The first-order valence-corrected chi connectivity index (χ1v) is 14.4. The molecule has 0 saturated carbocycles. The van der Waals surface area contributed by atoms with Crippen molar-refractivity contribution in [3.63, 3.8) is 0 Å². The second kappa shape index (κ2) is 10.8. The Hall–Kier alpha value is -1.91. The van der Waals surface area contributed by atoms with Gasteiger partial charge in [0.25, 0.3) is 0 Å². The van der Waals surface area contributed by atoms with Gasteiger partial charge in [0.2, 0.25) is 10.0 Å². The van der Waals surface area contributed by atoms with Crippen molar-refractivity contribution in [1.29, 1.82) is 0 Å². The molecule has 2 aromatic rings. The molecule has 11 heteroatoms. The monoisotopic (exact) mass is 556 g/mol. The Balaban J connectivity index is 1.53. The van der Waals surface area contributed by atoms with Crippen molar-refractivity contribution in [2.45, 2.75) is 25.4 Å². The number of rotatable bonds is 5. The van der Waals surface area contributed by atoms with Gasteiger partial charge >= 0.3 is 6.03 Å². The first-order valence-electron chi connectivity index (χ1n) is 11.8. The predicted molar refractivity (Wildman–Crippen MR) is 141 cm³/mol. The lowest BCUT2D eigenvalue weighted by molar-refractivity contribution is 0.138. The Morgan fingerprint density at radius 3 is 2.33 bits per heavy atom. The van der Waals surface area contributed by atoms with Gasteiger partial charge in [-0.1, -0.05) is 41.4 Å². The van der Waals surface area contributed by atoms with Crippen molar-refractivity contribution >= 4 is 39.3 Å². The molecule has 0 radical (unpaired) electrons. The van der Waals surface area contributed by atoms with Crippen LogP contribution in [-0.2, 0) is 16.6 Å². The smallest absolute Gasteiger partial charge is 0.320 e. The maximum absolute atomic E-state index is 13.8. The standard InChI is InChI=1S/C25H31Cl2FN4O3S/c1-17-12-18(4-7-23(17)28)14-29(2)24-16-31(15-20(24)19-5-6-21(26)22(27)13-19)25(33)30-8-10-32(11-9-30)36(3,34)35/h4-7,12-13,20,24H,8-11,14-16H2,1-3H3/t20-,24-/m1/s1. The Kier molecular flexibility index (Phi) is 8.16. The minimum atomic E-state index is -3.27. The molecule has 196 valence electrons. The van der Waals surface area contributed by atoms with Gasteiger partial charge in [0.05, 0.1) is 16.3 Å². The molecule has 2 heterocycles. The number of sulfonamides is 1. The van der Waals surface area contributed by atoms with Crippen molar-refractivity contribution < 1.29 is 17.6 Å². The second-order valence-corrected chi connectivity index (χ2v) is 12.5. The molecule has 0 unspecified atom stereocenters. The van der Waals surface area contributed by atoms with Crippen molar-refractivity contribution in [1.82, 2.24) is 19.0 Å². The average Bonchev–Trinajstić information content (AvgIpc) is 3.28. The zero-order chi connectivity index (χ0) is 26.2. The van der Waals surface area contributed by atoms with Gasteiger partial charge in [-0.3, -0.25) is 4.90 Å². The van der Waals surface area contributed by atoms with Gasteiger partial charge in [0.1, 0.15) is 5.82 Å². The molecule has 36 heavy (non-hydrogen) atoms. The fourth-order valence-corrected chi connectivity index (χ4v) is 6.21. The van der Waals surface area contributed by atoms with Gasteiger partial charge in [-0.15, -0.1) is 0 Å². The second-order valence-electron chi connectivity index (χ2n) is 9.68. The van der Waals surface area contributed by atoms with E-state index in [0.717, 1.165) is 11.1 Å². The summed E-state index contributed by atoms with van der Waals surface area (Å²) in [4.78, 5) is 19.2. The van der Waals surface area contributed by atoms with Gasteiger partial charge in [0, 0.05) is 57.8 Å². The highest BCUT2D eigenvalue weighted by Crippen LogP contribution is 2.35. The lowest BCUT2D eigenvalue weighted by atomic mass is 9.93. The van der Waals surface area contributed by atoms with Crippen LogP contribution in [0.2, 0.25) is 10.0 Å². The van der Waals surface area contributed by atoms with Crippen LogP contribution in [0.25, 0.3) is 0 Å². The molecular weight excluding hydrogens is 526 g/mol. The third kappa shape index (κ3) is 5.97. The number of halogens is 3. The van der Waals surface area contributed by atoms with Crippen molar-refractivity contribution in [2.75, 3.05) is 52.6 Å². The molecule has 7 nitrogen and oxygen atoms in total. The van der Waals surface area contributed by atoms with Gasteiger partial charge in [0.15, 0.2) is 0 Å². The normalized spacial score (nSPS) is 21.4. The van der Waals surface area contributed by atoms with Crippen LogP contribution in [0.4, 0.5) is 9.18 Å². The van der Waals surface area contributed by atoms with E-state index in [1.807, 2.05) is 30.1 Å². The number of nitrogens with zero attached hydrogens (tertiary/aromatic N) is 4. The Morgan fingerprint density at radius 2 is 1.72 bits per heavy atom. The van der Waals surface area contributed by atoms with E-state index in [1.165, 1.54) is 16.6 Å². The summed E-state index contributed by atoms with van der Waals surface area (Å²) in [5.41, 5.74) is 2.58. The number of likely N-dealkylation sites (N-methyl/N-ethyl adjacent to an activating group) is 1. The van der Waals surface area contributed by atoms with E-state index < -0.39 is 10.0 Å². The molecule has 0 N–H and O–H groups in total. The van der Waals surface area contributed by atoms with Crippen LogP contribution in [0.1, 0.15) is 22.6 Å². The van der Waals surface area contributed by atoms with Gasteiger partial charge in [-0.2, -0.15) is 4.31 Å². The quantitative estimate of drug-likeness (QED) is 0.557. The zero-order valence-corrected chi connectivity index (χ0v) is 23.0. The number of piperazine rings is 1. The highest BCUT2D eigenvalue weighted by atomic mass is 35.5. The van der Waals surface area contributed by atoms with Crippen molar-refractivity contribution in [3.05, 3.63) is 69.0 Å². The Labute approximate surface area is 222 Å². The minimum Gasteiger partial charge on any atom is -0.322 e. The number of carbonyl (C=O) groups excluding carboxylic acids is 1. The fourth-order valence-electron chi connectivity index (χ4n) is 5.08. The molecule has 0 aromatic heterocycles. The summed E-state index contributed by atoms with van der Waals surface area (Å²) in [7, 11) is -1.27. The maximum atomic E-state index is 13.8. The Morgan fingerprint density at radius 1 is 1.03 bits per heavy atom. The van der Waals surface area contributed by atoms with Crippen LogP contribution in [-0.4, -0.2) is 92.1 Å². The lowest BCUT2D eigenvalue weighted by Gasteiger charge is -2.35. The van der Waals surface area contributed by atoms with Crippen LogP contribution in [0.3, 0.4) is 0 Å². The van der Waals surface area contributed by atoms with Crippen LogP contribution in [0.5, 0.6) is 0 Å². The molecule has 2 aliphatic heterocycles. The topological polar surface area (TPSA) is 64.2 Å². The minimum absolute atomic E-state index is 0.00569. The van der Waals surface area contributed by atoms with Crippen molar-refractivity contribution in [2.24, 2.45) is 0 Å². The molecule has 2 aliphatic rings. The Bertz CT molecular complexity index is 1240. The summed E-state index contributed by atoms with van der Waals surface area (Å²) in [6, 6.07) is 10.6. The van der Waals surface area contributed by atoms with Crippen LogP contribution in [0, 0.1) is 12.7 Å². The molecule has 2 aromatic carbocycles.